The molecule has 0 aliphatic heterocycles. The molecule has 0 saturated carbocycles. The van der Waals surface area contributed by atoms with E-state index >= 15 is 0 Å². The summed E-state index contributed by atoms with van der Waals surface area (Å²) in [7, 11) is 1.75. The summed E-state index contributed by atoms with van der Waals surface area (Å²) >= 11 is 0. The van der Waals surface area contributed by atoms with Gasteiger partial charge in [0.15, 0.2) is 0 Å². The zero-order valence-electron chi connectivity index (χ0n) is 10.8. The topological polar surface area (TPSA) is 47.3 Å². The van der Waals surface area contributed by atoms with Crippen molar-refractivity contribution in [1.29, 1.82) is 0 Å². The van der Waals surface area contributed by atoms with E-state index in [0.717, 1.165) is 18.9 Å². The third-order valence-electron chi connectivity index (χ3n) is 3.15. The lowest BCUT2D eigenvalue weighted by Gasteiger charge is -2.23. The third-order valence-corrected chi connectivity index (χ3v) is 3.15. The maximum absolute atomic E-state index is 5.58. The minimum atomic E-state index is 0.431. The zero-order valence-corrected chi connectivity index (χ0v) is 10.8. The predicted octanol–water partition coefficient (Wildman–Crippen LogP) is 2.32. The average Bonchev–Trinajstić information content (AvgIpc) is 2.24. The Bertz CT molecular complexity index is 138. The van der Waals surface area contributed by atoms with Gasteiger partial charge in [0.25, 0.3) is 0 Å². The van der Waals surface area contributed by atoms with E-state index in [-0.39, 0.29) is 0 Å². The van der Waals surface area contributed by atoms with Gasteiger partial charge in [-0.3, -0.25) is 11.3 Å². The lowest BCUT2D eigenvalue weighted by Crippen LogP contribution is -2.38. The molecular weight excluding hydrogens is 188 g/mol. The molecule has 0 spiro atoms. The van der Waals surface area contributed by atoms with Crippen LogP contribution >= 0.6 is 0 Å². The normalized spacial score (nSPS) is 15.6. The standard InChI is InChI=1S/C12H28N2O/c1-5-11(6-2)8-12(14-13)7-10(3)9-15-4/h10-12,14H,5-9,13H2,1-4H3. The van der Waals surface area contributed by atoms with Crippen molar-refractivity contribution >= 4 is 0 Å². The van der Waals surface area contributed by atoms with Crippen molar-refractivity contribution in [3.8, 4) is 0 Å². The van der Waals surface area contributed by atoms with Gasteiger partial charge in [0.1, 0.15) is 0 Å². The van der Waals surface area contributed by atoms with Gasteiger partial charge >= 0.3 is 0 Å². The van der Waals surface area contributed by atoms with Crippen molar-refractivity contribution in [3.63, 3.8) is 0 Å². The highest BCUT2D eigenvalue weighted by atomic mass is 16.5. The second kappa shape index (κ2) is 9.13. The van der Waals surface area contributed by atoms with Gasteiger partial charge in [-0.25, -0.2) is 0 Å². The van der Waals surface area contributed by atoms with Crippen molar-refractivity contribution in [3.05, 3.63) is 0 Å². The lowest BCUT2D eigenvalue weighted by molar-refractivity contribution is 0.146. The maximum atomic E-state index is 5.58. The summed E-state index contributed by atoms with van der Waals surface area (Å²) in [6.45, 7) is 7.53. The summed E-state index contributed by atoms with van der Waals surface area (Å²) in [5.74, 6) is 6.95. The molecule has 0 amide bonds. The molecule has 0 rings (SSSR count). The van der Waals surface area contributed by atoms with E-state index in [1.54, 1.807) is 7.11 Å². The van der Waals surface area contributed by atoms with Crippen LogP contribution in [0.2, 0.25) is 0 Å². The number of hydrazine groups is 1. The Morgan fingerprint density at radius 3 is 2.20 bits per heavy atom. The van der Waals surface area contributed by atoms with Crippen LogP contribution in [0.25, 0.3) is 0 Å². The second-order valence-corrected chi connectivity index (χ2v) is 4.58. The van der Waals surface area contributed by atoms with Crippen LogP contribution in [0.3, 0.4) is 0 Å². The van der Waals surface area contributed by atoms with Crippen molar-refractivity contribution in [2.24, 2.45) is 17.7 Å². The van der Waals surface area contributed by atoms with Gasteiger partial charge in [0, 0.05) is 19.8 Å². The summed E-state index contributed by atoms with van der Waals surface area (Å²) in [6.07, 6.45) is 4.76. The number of methoxy groups -OCH3 is 1. The monoisotopic (exact) mass is 216 g/mol. The Labute approximate surface area is 94.7 Å². The molecule has 3 heteroatoms. The molecule has 3 N–H and O–H groups in total. The molecule has 3 nitrogen and oxygen atoms in total. The van der Waals surface area contributed by atoms with Crippen LogP contribution in [0.4, 0.5) is 0 Å². The van der Waals surface area contributed by atoms with E-state index in [1.807, 2.05) is 0 Å². The van der Waals surface area contributed by atoms with Crippen LogP contribution in [-0.4, -0.2) is 19.8 Å². The van der Waals surface area contributed by atoms with Crippen LogP contribution in [0.5, 0.6) is 0 Å². The molecule has 0 saturated heterocycles. The largest absolute Gasteiger partial charge is 0.384 e. The minimum Gasteiger partial charge on any atom is -0.384 e. The van der Waals surface area contributed by atoms with Gasteiger partial charge in [-0.05, 0) is 24.7 Å². The highest BCUT2D eigenvalue weighted by Gasteiger charge is 2.15. The number of nitrogens with one attached hydrogen (secondary N) is 1. The molecule has 0 aliphatic rings. The summed E-state index contributed by atoms with van der Waals surface area (Å²) in [5.41, 5.74) is 2.93. The summed E-state index contributed by atoms with van der Waals surface area (Å²) in [5, 5.41) is 0. The fourth-order valence-electron chi connectivity index (χ4n) is 2.09. The molecular formula is C12H28N2O. The number of ether oxygens (including phenoxy) is 1. The average molecular weight is 216 g/mol. The van der Waals surface area contributed by atoms with E-state index in [0.29, 0.717) is 12.0 Å². The summed E-state index contributed by atoms with van der Waals surface area (Å²) in [6, 6.07) is 0.431. The van der Waals surface area contributed by atoms with Gasteiger partial charge < -0.3 is 4.74 Å². The molecule has 15 heavy (non-hydrogen) atoms. The van der Waals surface area contributed by atoms with Gasteiger partial charge in [-0.15, -0.1) is 0 Å². The first kappa shape index (κ1) is 14.9. The smallest absolute Gasteiger partial charge is 0.0488 e. The van der Waals surface area contributed by atoms with Crippen molar-refractivity contribution < 1.29 is 4.74 Å². The number of hydrogen-bond donors (Lipinski definition) is 2. The fraction of sp³-hybridized carbons (Fsp3) is 1.00. The Morgan fingerprint density at radius 1 is 1.20 bits per heavy atom. The first-order valence-electron chi connectivity index (χ1n) is 6.12. The van der Waals surface area contributed by atoms with Crippen LogP contribution < -0.4 is 11.3 Å². The molecule has 0 heterocycles. The van der Waals surface area contributed by atoms with E-state index in [9.17, 15) is 0 Å². The van der Waals surface area contributed by atoms with Crippen LogP contribution in [-0.2, 0) is 4.74 Å². The van der Waals surface area contributed by atoms with Crippen LogP contribution in [0.15, 0.2) is 0 Å². The molecule has 92 valence electrons. The Kier molecular flexibility index (Phi) is 9.06. The first-order valence-corrected chi connectivity index (χ1v) is 6.12. The fourth-order valence-corrected chi connectivity index (χ4v) is 2.09. The highest BCUT2D eigenvalue weighted by molar-refractivity contribution is 4.71. The molecule has 2 unspecified atom stereocenters. The summed E-state index contributed by atoms with van der Waals surface area (Å²) in [4.78, 5) is 0. The molecule has 0 fully saturated rings. The Hall–Kier alpha value is -0.120. The zero-order chi connectivity index (χ0) is 11.7. The van der Waals surface area contributed by atoms with E-state index in [1.165, 1.54) is 19.3 Å². The number of hydrogen-bond acceptors (Lipinski definition) is 3. The predicted molar refractivity (Wildman–Crippen MR) is 65.5 cm³/mol. The molecule has 0 bridgehead atoms. The molecule has 0 aliphatic carbocycles. The van der Waals surface area contributed by atoms with Crippen molar-refractivity contribution in [2.75, 3.05) is 13.7 Å². The molecule has 0 aromatic rings. The van der Waals surface area contributed by atoms with Crippen LogP contribution in [0.1, 0.15) is 46.5 Å². The maximum Gasteiger partial charge on any atom is 0.0488 e. The Morgan fingerprint density at radius 2 is 1.80 bits per heavy atom. The van der Waals surface area contributed by atoms with E-state index in [2.05, 4.69) is 26.2 Å². The van der Waals surface area contributed by atoms with E-state index in [4.69, 9.17) is 10.6 Å². The number of rotatable bonds is 9. The van der Waals surface area contributed by atoms with Gasteiger partial charge in [-0.2, -0.15) is 0 Å². The molecule has 0 radical (unpaired) electrons. The lowest BCUT2D eigenvalue weighted by atomic mass is 9.90. The summed E-state index contributed by atoms with van der Waals surface area (Å²) < 4.78 is 5.14. The van der Waals surface area contributed by atoms with Gasteiger partial charge in [0.2, 0.25) is 0 Å². The Balaban J connectivity index is 3.90. The number of nitrogens with two attached hydrogens (primary N) is 1. The first-order chi connectivity index (χ1) is 7.17. The van der Waals surface area contributed by atoms with Crippen molar-refractivity contribution in [2.45, 2.75) is 52.5 Å². The quantitative estimate of drug-likeness (QED) is 0.459. The second-order valence-electron chi connectivity index (χ2n) is 4.58. The SMILES string of the molecule is CCC(CC)CC(CC(C)COC)NN. The van der Waals surface area contributed by atoms with Crippen LogP contribution in [0, 0.1) is 11.8 Å². The van der Waals surface area contributed by atoms with E-state index < -0.39 is 0 Å². The minimum absolute atomic E-state index is 0.431. The van der Waals surface area contributed by atoms with Crippen molar-refractivity contribution in [1.82, 2.24) is 5.43 Å². The molecule has 0 aromatic heterocycles. The van der Waals surface area contributed by atoms with Gasteiger partial charge in [-0.1, -0.05) is 33.6 Å². The van der Waals surface area contributed by atoms with Gasteiger partial charge in [0.05, 0.1) is 0 Å². The third kappa shape index (κ3) is 6.88. The molecule has 2 atom stereocenters. The highest BCUT2D eigenvalue weighted by Crippen LogP contribution is 2.18. The molecule has 0 aromatic carbocycles.